The molecule has 6 heteroatoms. The van der Waals surface area contributed by atoms with Crippen LogP contribution in [0.1, 0.15) is 43.2 Å². The third-order valence-corrected chi connectivity index (χ3v) is 5.60. The monoisotopic (exact) mass is 425 g/mol. The molecule has 1 aliphatic carbocycles. The number of unbranched alkanes of at least 4 members (excludes halogenated alkanes) is 2. The van der Waals surface area contributed by atoms with E-state index in [0.717, 1.165) is 30.4 Å². The number of fused-ring (bicyclic) bond motifs is 3. The summed E-state index contributed by atoms with van der Waals surface area (Å²) in [7, 11) is 0. The van der Waals surface area contributed by atoms with E-state index in [9.17, 15) is 9.59 Å². The largest absolute Gasteiger partial charge is 0.464 e. The van der Waals surface area contributed by atoms with E-state index in [1.54, 1.807) is 6.92 Å². The molecule has 3 rings (SSSR count). The molecule has 1 atom stereocenters. The number of aliphatic hydroxyl groups is 1. The van der Waals surface area contributed by atoms with Gasteiger partial charge in [0, 0.05) is 19.1 Å². The molecule has 0 aromatic heterocycles. The van der Waals surface area contributed by atoms with Gasteiger partial charge in [-0.3, -0.25) is 9.59 Å². The van der Waals surface area contributed by atoms with Crippen LogP contribution in [-0.2, 0) is 19.1 Å². The molecule has 0 fully saturated rings. The molecule has 1 aliphatic rings. The molecule has 0 unspecified atom stereocenters. The lowest BCUT2D eigenvalue weighted by Crippen LogP contribution is -2.35. The number of carbonyl (C=O) groups is 2. The summed E-state index contributed by atoms with van der Waals surface area (Å²) < 4.78 is 10.8. The Labute approximate surface area is 183 Å². The number of rotatable bonds is 12. The molecule has 2 aromatic rings. The van der Waals surface area contributed by atoms with E-state index in [-0.39, 0.29) is 25.0 Å². The Morgan fingerprint density at radius 1 is 0.968 bits per heavy atom. The van der Waals surface area contributed by atoms with Gasteiger partial charge in [-0.2, -0.15) is 0 Å². The van der Waals surface area contributed by atoms with E-state index in [1.165, 1.54) is 11.1 Å². The molecule has 0 spiro atoms. The average molecular weight is 426 g/mol. The molecule has 166 valence electrons. The maximum absolute atomic E-state index is 12.5. The third-order valence-electron chi connectivity index (χ3n) is 5.60. The molecule has 31 heavy (non-hydrogen) atoms. The summed E-state index contributed by atoms with van der Waals surface area (Å²) in [5, 5.41) is 11.4. The zero-order valence-electron chi connectivity index (χ0n) is 18.0. The van der Waals surface area contributed by atoms with Crippen LogP contribution in [0.5, 0.6) is 0 Å². The Balaban J connectivity index is 1.44. The van der Waals surface area contributed by atoms with Gasteiger partial charge < -0.3 is 19.9 Å². The van der Waals surface area contributed by atoms with Gasteiger partial charge >= 0.3 is 5.97 Å². The molecule has 2 aromatic carbocycles. The first-order valence-corrected chi connectivity index (χ1v) is 10.9. The highest BCUT2D eigenvalue weighted by atomic mass is 16.5. The Kier molecular flexibility index (Phi) is 8.62. The quantitative estimate of drug-likeness (QED) is 0.310. The molecular formula is C25H31NO5. The van der Waals surface area contributed by atoms with Crippen molar-refractivity contribution in [2.75, 3.05) is 33.0 Å². The summed E-state index contributed by atoms with van der Waals surface area (Å²) >= 11 is 0. The molecule has 0 bridgehead atoms. The van der Waals surface area contributed by atoms with E-state index in [0.29, 0.717) is 19.8 Å². The molecule has 2 N–H and O–H groups in total. The van der Waals surface area contributed by atoms with Crippen molar-refractivity contribution in [1.82, 2.24) is 5.32 Å². The minimum Gasteiger partial charge on any atom is -0.464 e. The van der Waals surface area contributed by atoms with Crippen molar-refractivity contribution >= 4 is 11.9 Å². The van der Waals surface area contributed by atoms with E-state index < -0.39 is 11.9 Å². The van der Waals surface area contributed by atoms with Crippen LogP contribution >= 0.6 is 0 Å². The summed E-state index contributed by atoms with van der Waals surface area (Å²) in [6, 6.07) is 16.3. The van der Waals surface area contributed by atoms with E-state index in [1.807, 2.05) is 24.3 Å². The standard InChI is InChI=1S/C25H31NO5/c1-18(24(28)26-13-7-2-8-15-30-16-14-27)25(29)31-17-23-21-11-5-3-9-19(21)20-10-4-6-12-22(20)23/h3-6,9-12,18,23,27H,2,7-8,13-17H2,1H3,(H,26,28)/t18-/m0/s1. The van der Waals surface area contributed by atoms with Crippen molar-refractivity contribution in [2.24, 2.45) is 5.92 Å². The fraction of sp³-hybridized carbons (Fsp3) is 0.440. The summed E-state index contributed by atoms with van der Waals surface area (Å²) in [6.07, 6.45) is 2.59. The molecule has 0 heterocycles. The first-order valence-electron chi connectivity index (χ1n) is 10.9. The van der Waals surface area contributed by atoms with Gasteiger partial charge in [0.15, 0.2) is 0 Å². The number of hydrogen-bond acceptors (Lipinski definition) is 5. The van der Waals surface area contributed by atoms with Gasteiger partial charge in [0.25, 0.3) is 0 Å². The van der Waals surface area contributed by atoms with Gasteiger partial charge in [-0.05, 0) is 48.4 Å². The molecule has 1 amide bonds. The van der Waals surface area contributed by atoms with E-state index >= 15 is 0 Å². The second-order valence-electron chi connectivity index (χ2n) is 7.77. The summed E-state index contributed by atoms with van der Waals surface area (Å²) in [4.78, 5) is 24.8. The highest BCUT2D eigenvalue weighted by molar-refractivity contribution is 5.97. The van der Waals surface area contributed by atoms with Crippen LogP contribution in [0.3, 0.4) is 0 Å². The van der Waals surface area contributed by atoms with Gasteiger partial charge in [-0.15, -0.1) is 0 Å². The average Bonchev–Trinajstić information content (AvgIpc) is 3.12. The summed E-state index contributed by atoms with van der Waals surface area (Å²) in [5.74, 6) is -1.68. The van der Waals surface area contributed by atoms with Crippen LogP contribution in [0.15, 0.2) is 48.5 Å². The van der Waals surface area contributed by atoms with Gasteiger partial charge in [0.1, 0.15) is 12.5 Å². The van der Waals surface area contributed by atoms with E-state index in [4.69, 9.17) is 14.6 Å². The lowest BCUT2D eigenvalue weighted by molar-refractivity contribution is -0.152. The maximum atomic E-state index is 12.5. The number of aliphatic hydroxyl groups excluding tert-OH is 1. The Bertz CT molecular complexity index is 836. The Hall–Kier alpha value is -2.70. The van der Waals surface area contributed by atoms with Crippen molar-refractivity contribution in [3.63, 3.8) is 0 Å². The fourth-order valence-electron chi connectivity index (χ4n) is 3.87. The van der Waals surface area contributed by atoms with Crippen LogP contribution in [0.4, 0.5) is 0 Å². The lowest BCUT2D eigenvalue weighted by Gasteiger charge is -2.16. The number of ether oxygens (including phenoxy) is 2. The number of amides is 1. The number of carbonyl (C=O) groups excluding carboxylic acids is 2. The van der Waals surface area contributed by atoms with Crippen LogP contribution < -0.4 is 5.32 Å². The number of nitrogens with one attached hydrogen (secondary N) is 1. The first-order chi connectivity index (χ1) is 15.1. The molecule has 6 nitrogen and oxygen atoms in total. The third kappa shape index (κ3) is 5.93. The minimum absolute atomic E-state index is 0.0142. The summed E-state index contributed by atoms with van der Waals surface area (Å²) in [5.41, 5.74) is 4.64. The highest BCUT2D eigenvalue weighted by Crippen LogP contribution is 2.44. The second kappa shape index (κ2) is 11.6. The van der Waals surface area contributed by atoms with Crippen LogP contribution in [0, 0.1) is 5.92 Å². The Morgan fingerprint density at radius 3 is 2.26 bits per heavy atom. The van der Waals surface area contributed by atoms with Gasteiger partial charge in [-0.25, -0.2) is 0 Å². The number of esters is 1. The SMILES string of the molecule is C[C@@H](C(=O)NCCCCCOCCO)C(=O)OCC1c2ccccc2-c2ccccc21. The van der Waals surface area contributed by atoms with Crippen LogP contribution in [0.2, 0.25) is 0 Å². The molecule has 0 saturated heterocycles. The fourth-order valence-corrected chi connectivity index (χ4v) is 3.87. The minimum atomic E-state index is -0.847. The van der Waals surface area contributed by atoms with Gasteiger partial charge in [0.2, 0.25) is 5.91 Å². The van der Waals surface area contributed by atoms with Gasteiger partial charge in [-0.1, -0.05) is 48.5 Å². The van der Waals surface area contributed by atoms with Gasteiger partial charge in [0.05, 0.1) is 13.2 Å². The number of hydrogen-bond donors (Lipinski definition) is 2. The molecule has 0 radical (unpaired) electrons. The molecular weight excluding hydrogens is 394 g/mol. The van der Waals surface area contributed by atoms with Crippen molar-refractivity contribution in [3.8, 4) is 11.1 Å². The normalized spacial score (nSPS) is 13.4. The van der Waals surface area contributed by atoms with Crippen LogP contribution in [-0.4, -0.2) is 50.0 Å². The van der Waals surface area contributed by atoms with Crippen molar-refractivity contribution in [3.05, 3.63) is 59.7 Å². The highest BCUT2D eigenvalue weighted by Gasteiger charge is 2.30. The van der Waals surface area contributed by atoms with E-state index in [2.05, 4.69) is 29.6 Å². The first kappa shape index (κ1) is 23.0. The van der Waals surface area contributed by atoms with Crippen molar-refractivity contribution in [1.29, 1.82) is 0 Å². The molecule has 0 aliphatic heterocycles. The van der Waals surface area contributed by atoms with Crippen LogP contribution in [0.25, 0.3) is 11.1 Å². The van der Waals surface area contributed by atoms with Crippen molar-refractivity contribution < 1.29 is 24.2 Å². The maximum Gasteiger partial charge on any atom is 0.318 e. The molecule has 0 saturated carbocycles. The smallest absolute Gasteiger partial charge is 0.318 e. The lowest BCUT2D eigenvalue weighted by atomic mass is 9.98. The predicted octanol–water partition coefficient (Wildman–Crippen LogP) is 3.27. The topological polar surface area (TPSA) is 84.9 Å². The second-order valence-corrected chi connectivity index (χ2v) is 7.77. The predicted molar refractivity (Wildman–Crippen MR) is 119 cm³/mol. The zero-order chi connectivity index (χ0) is 22.1. The summed E-state index contributed by atoms with van der Waals surface area (Å²) in [6.45, 7) is 3.30. The van der Waals surface area contributed by atoms with Crippen molar-refractivity contribution in [2.45, 2.75) is 32.1 Å². The number of benzene rings is 2. The Morgan fingerprint density at radius 2 is 1.61 bits per heavy atom. The zero-order valence-corrected chi connectivity index (χ0v) is 18.0.